The summed E-state index contributed by atoms with van der Waals surface area (Å²) in [6.45, 7) is 10.6. The molecule has 17 heavy (non-hydrogen) atoms. The highest BCUT2D eigenvalue weighted by Gasteiger charge is 2.47. The SMILES string of the molecule is COC(=O)C1CNCC1(CC(C)C)CC(C)C. The molecule has 0 saturated carbocycles. The molecule has 1 fully saturated rings. The van der Waals surface area contributed by atoms with Gasteiger partial charge in [-0.25, -0.2) is 0 Å². The van der Waals surface area contributed by atoms with Crippen molar-refractivity contribution in [1.29, 1.82) is 0 Å². The minimum Gasteiger partial charge on any atom is -0.469 e. The van der Waals surface area contributed by atoms with Crippen LogP contribution in [0.1, 0.15) is 40.5 Å². The van der Waals surface area contributed by atoms with Gasteiger partial charge in [-0.2, -0.15) is 0 Å². The topological polar surface area (TPSA) is 38.3 Å². The van der Waals surface area contributed by atoms with Gasteiger partial charge in [0.15, 0.2) is 0 Å². The number of carbonyl (C=O) groups is 1. The van der Waals surface area contributed by atoms with Gasteiger partial charge in [-0.15, -0.1) is 0 Å². The van der Waals surface area contributed by atoms with Crippen LogP contribution < -0.4 is 5.32 Å². The highest BCUT2D eigenvalue weighted by atomic mass is 16.5. The van der Waals surface area contributed by atoms with Crippen LogP contribution in [0.15, 0.2) is 0 Å². The number of rotatable bonds is 5. The molecule has 1 aliphatic heterocycles. The number of esters is 1. The maximum Gasteiger partial charge on any atom is 0.310 e. The third-order valence-electron chi connectivity index (χ3n) is 3.68. The Bertz CT molecular complexity index is 251. The lowest BCUT2D eigenvalue weighted by Crippen LogP contribution is -2.38. The zero-order chi connectivity index (χ0) is 13.1. The Kier molecular flexibility index (Phi) is 4.99. The molecular formula is C14H27NO2. The van der Waals surface area contributed by atoms with Crippen molar-refractivity contribution in [2.45, 2.75) is 40.5 Å². The van der Waals surface area contributed by atoms with Crippen LogP contribution in [0.5, 0.6) is 0 Å². The zero-order valence-corrected chi connectivity index (χ0v) is 11.9. The molecule has 1 aliphatic rings. The van der Waals surface area contributed by atoms with Gasteiger partial charge in [0.05, 0.1) is 13.0 Å². The molecule has 1 atom stereocenters. The van der Waals surface area contributed by atoms with Crippen molar-refractivity contribution >= 4 is 5.97 Å². The third-order valence-corrected chi connectivity index (χ3v) is 3.68. The Morgan fingerprint density at radius 2 is 1.82 bits per heavy atom. The van der Waals surface area contributed by atoms with Crippen molar-refractivity contribution in [1.82, 2.24) is 5.32 Å². The number of ether oxygens (including phenoxy) is 1. The van der Waals surface area contributed by atoms with Gasteiger partial charge in [-0.05, 0) is 30.1 Å². The Labute approximate surface area is 105 Å². The highest BCUT2D eigenvalue weighted by Crippen LogP contribution is 2.43. The fourth-order valence-electron chi connectivity index (χ4n) is 3.42. The number of carbonyl (C=O) groups excluding carboxylic acids is 1. The summed E-state index contributed by atoms with van der Waals surface area (Å²) in [5, 5.41) is 3.39. The first kappa shape index (κ1) is 14.5. The van der Waals surface area contributed by atoms with E-state index in [-0.39, 0.29) is 17.3 Å². The maximum absolute atomic E-state index is 11.9. The van der Waals surface area contributed by atoms with Crippen molar-refractivity contribution in [3.05, 3.63) is 0 Å². The zero-order valence-electron chi connectivity index (χ0n) is 11.9. The van der Waals surface area contributed by atoms with E-state index < -0.39 is 0 Å². The third kappa shape index (κ3) is 3.44. The molecule has 3 nitrogen and oxygen atoms in total. The molecule has 0 amide bonds. The number of hydrogen-bond acceptors (Lipinski definition) is 3. The van der Waals surface area contributed by atoms with Crippen LogP contribution in [0.3, 0.4) is 0 Å². The molecule has 1 unspecified atom stereocenters. The summed E-state index contributed by atoms with van der Waals surface area (Å²) in [7, 11) is 1.50. The lowest BCUT2D eigenvalue weighted by Gasteiger charge is -2.36. The Morgan fingerprint density at radius 3 is 2.24 bits per heavy atom. The van der Waals surface area contributed by atoms with Crippen LogP contribution in [-0.4, -0.2) is 26.2 Å². The molecule has 1 saturated heterocycles. The van der Waals surface area contributed by atoms with Crippen molar-refractivity contribution in [3.8, 4) is 0 Å². The van der Waals surface area contributed by atoms with Gasteiger partial charge in [0, 0.05) is 13.1 Å². The predicted molar refractivity (Wildman–Crippen MR) is 69.7 cm³/mol. The van der Waals surface area contributed by atoms with Crippen molar-refractivity contribution in [2.75, 3.05) is 20.2 Å². The summed E-state index contributed by atoms with van der Waals surface area (Å²) in [4.78, 5) is 11.9. The maximum atomic E-state index is 11.9. The molecule has 0 radical (unpaired) electrons. The van der Waals surface area contributed by atoms with E-state index in [0.717, 1.165) is 25.9 Å². The van der Waals surface area contributed by atoms with Gasteiger partial charge in [0.25, 0.3) is 0 Å². The highest BCUT2D eigenvalue weighted by molar-refractivity contribution is 5.74. The fourth-order valence-corrected chi connectivity index (χ4v) is 3.42. The molecule has 3 heteroatoms. The summed E-state index contributed by atoms with van der Waals surface area (Å²) in [5.74, 6) is 1.20. The minimum absolute atomic E-state index is 0.0253. The second-order valence-corrected chi connectivity index (χ2v) is 6.26. The molecule has 0 aromatic heterocycles. The van der Waals surface area contributed by atoms with Crippen molar-refractivity contribution in [3.63, 3.8) is 0 Å². The normalized spacial score (nSPS) is 23.4. The van der Waals surface area contributed by atoms with Crippen molar-refractivity contribution < 1.29 is 9.53 Å². The molecule has 100 valence electrons. The largest absolute Gasteiger partial charge is 0.469 e. The first-order chi connectivity index (χ1) is 7.91. The minimum atomic E-state index is -0.0451. The molecule has 1 rings (SSSR count). The summed E-state index contributed by atoms with van der Waals surface area (Å²) >= 11 is 0. The first-order valence-electron chi connectivity index (χ1n) is 6.70. The van der Waals surface area contributed by atoms with Crippen LogP contribution in [0, 0.1) is 23.2 Å². The van der Waals surface area contributed by atoms with Crippen molar-refractivity contribution in [2.24, 2.45) is 23.2 Å². The van der Waals surface area contributed by atoms with Gasteiger partial charge in [-0.3, -0.25) is 4.79 Å². The molecule has 0 spiro atoms. The average Bonchev–Trinajstić information content (AvgIpc) is 2.58. The van der Waals surface area contributed by atoms with E-state index in [1.165, 1.54) is 7.11 Å². The summed E-state index contributed by atoms with van der Waals surface area (Å²) in [5.41, 5.74) is 0.0927. The Balaban J connectivity index is 2.90. The first-order valence-corrected chi connectivity index (χ1v) is 6.70. The van der Waals surface area contributed by atoms with E-state index in [1.54, 1.807) is 0 Å². The number of hydrogen-bond donors (Lipinski definition) is 1. The quantitative estimate of drug-likeness (QED) is 0.751. The van der Waals surface area contributed by atoms with Gasteiger partial charge in [0.1, 0.15) is 0 Å². The Hall–Kier alpha value is -0.570. The van der Waals surface area contributed by atoms with Crippen LogP contribution in [0.25, 0.3) is 0 Å². The monoisotopic (exact) mass is 241 g/mol. The molecular weight excluding hydrogens is 214 g/mol. The molecule has 0 bridgehead atoms. The van der Waals surface area contributed by atoms with E-state index in [9.17, 15) is 4.79 Å². The van der Waals surface area contributed by atoms with Gasteiger partial charge >= 0.3 is 5.97 Å². The fraction of sp³-hybridized carbons (Fsp3) is 0.929. The molecule has 1 heterocycles. The van der Waals surface area contributed by atoms with E-state index in [0.29, 0.717) is 11.8 Å². The van der Waals surface area contributed by atoms with E-state index in [4.69, 9.17) is 4.74 Å². The molecule has 0 aromatic carbocycles. The predicted octanol–water partition coefficient (Wildman–Crippen LogP) is 2.46. The van der Waals surface area contributed by atoms with Gasteiger partial charge in [-0.1, -0.05) is 27.7 Å². The number of nitrogens with one attached hydrogen (secondary N) is 1. The second kappa shape index (κ2) is 5.85. The van der Waals surface area contributed by atoms with Crippen LogP contribution in [0.4, 0.5) is 0 Å². The molecule has 0 aromatic rings. The van der Waals surface area contributed by atoms with Gasteiger partial charge in [0.2, 0.25) is 0 Å². The molecule has 0 aliphatic carbocycles. The van der Waals surface area contributed by atoms with E-state index in [1.807, 2.05) is 0 Å². The Morgan fingerprint density at radius 1 is 1.29 bits per heavy atom. The molecule has 1 N–H and O–H groups in total. The smallest absolute Gasteiger partial charge is 0.310 e. The lowest BCUT2D eigenvalue weighted by atomic mass is 9.68. The number of methoxy groups -OCH3 is 1. The van der Waals surface area contributed by atoms with E-state index >= 15 is 0 Å². The summed E-state index contributed by atoms with van der Waals surface area (Å²) < 4.78 is 4.97. The van der Waals surface area contributed by atoms with Gasteiger partial charge < -0.3 is 10.1 Å². The lowest BCUT2D eigenvalue weighted by molar-refractivity contribution is -0.149. The van der Waals surface area contributed by atoms with Crippen LogP contribution in [0.2, 0.25) is 0 Å². The average molecular weight is 241 g/mol. The summed E-state index contributed by atoms with van der Waals surface area (Å²) in [6, 6.07) is 0. The summed E-state index contributed by atoms with van der Waals surface area (Å²) in [6.07, 6.45) is 2.19. The van der Waals surface area contributed by atoms with Crippen LogP contribution in [-0.2, 0) is 9.53 Å². The standard InChI is InChI=1S/C14H27NO2/c1-10(2)6-14(7-11(3)4)9-15-8-12(14)13(16)17-5/h10-12,15H,6-9H2,1-5H3. The van der Waals surface area contributed by atoms with E-state index in [2.05, 4.69) is 33.0 Å². The van der Waals surface area contributed by atoms with Crippen LogP contribution >= 0.6 is 0 Å². The second-order valence-electron chi connectivity index (χ2n) is 6.26.